The smallest absolute Gasteiger partial charge is 0.245 e. The van der Waals surface area contributed by atoms with Crippen LogP contribution in [0.15, 0.2) is 5.10 Å². The third-order valence-corrected chi connectivity index (χ3v) is 6.65. The van der Waals surface area contributed by atoms with Gasteiger partial charge in [0.25, 0.3) is 0 Å². The maximum absolute atomic E-state index is 12.8. The number of carbonyl (C=O) groups excluding carboxylic acids is 1. The Morgan fingerprint density at radius 2 is 1.83 bits per heavy atom. The van der Waals surface area contributed by atoms with Gasteiger partial charge in [-0.2, -0.15) is 0 Å². The molecule has 0 aromatic carbocycles. The summed E-state index contributed by atoms with van der Waals surface area (Å²) in [6, 6.07) is 0. The molecule has 0 radical (unpaired) electrons. The van der Waals surface area contributed by atoms with E-state index in [1.807, 2.05) is 20.8 Å². The summed E-state index contributed by atoms with van der Waals surface area (Å²) in [6.07, 6.45) is 2.35. The first-order valence-corrected chi connectivity index (χ1v) is 9.53. The number of carbonyl (C=O) groups is 1. The average molecular weight is 359 g/mol. The molecule has 1 unspecified atom stereocenters. The highest BCUT2D eigenvalue weighted by molar-refractivity contribution is 7.87. The minimum absolute atomic E-state index is 0.0585. The summed E-state index contributed by atoms with van der Waals surface area (Å²) in [5, 5.41) is 17.9. The van der Waals surface area contributed by atoms with Crippen molar-refractivity contribution >= 4 is 22.7 Å². The van der Waals surface area contributed by atoms with E-state index < -0.39 is 15.5 Å². The number of aliphatic hydroxyl groups excluding tert-OH is 1. The van der Waals surface area contributed by atoms with Gasteiger partial charge in [-0.25, -0.2) is 5.53 Å². The number of hydrazone groups is 1. The minimum Gasteiger partial charge on any atom is -0.393 e. The van der Waals surface area contributed by atoms with Crippen LogP contribution in [0, 0.1) is 0 Å². The Labute approximate surface area is 145 Å². The van der Waals surface area contributed by atoms with Crippen LogP contribution in [0.4, 0.5) is 0 Å². The van der Waals surface area contributed by atoms with E-state index in [-0.39, 0.29) is 22.8 Å². The summed E-state index contributed by atoms with van der Waals surface area (Å²) < 4.78 is 11.8. The van der Waals surface area contributed by atoms with Gasteiger partial charge >= 0.3 is 0 Å². The molecule has 2 rings (SSSR count). The van der Waals surface area contributed by atoms with Crippen LogP contribution in [-0.2, 0) is 15.6 Å². The summed E-state index contributed by atoms with van der Waals surface area (Å²) >= 11 is 0. The molecule has 0 aromatic heterocycles. The van der Waals surface area contributed by atoms with Crippen LogP contribution in [0.5, 0.6) is 0 Å². The van der Waals surface area contributed by atoms with Crippen molar-refractivity contribution in [3.8, 4) is 0 Å². The molecule has 8 nitrogen and oxygen atoms in total. The second-order valence-electron chi connectivity index (χ2n) is 7.87. The predicted octanol–water partition coefficient (Wildman–Crippen LogP) is 0.328. The van der Waals surface area contributed by atoms with Crippen LogP contribution >= 0.6 is 0 Å². The van der Waals surface area contributed by atoms with E-state index in [1.165, 1.54) is 0 Å². The van der Waals surface area contributed by atoms with Crippen molar-refractivity contribution in [2.45, 2.75) is 81.9 Å². The zero-order valence-corrected chi connectivity index (χ0v) is 15.9. The summed E-state index contributed by atoms with van der Waals surface area (Å²) in [5.41, 5.74) is 5.53. The van der Waals surface area contributed by atoms with Crippen LogP contribution in [0.1, 0.15) is 60.3 Å². The number of nitrogens with one attached hydrogen (secondary N) is 3. The van der Waals surface area contributed by atoms with Gasteiger partial charge in [-0.1, -0.05) is 0 Å². The third-order valence-electron chi connectivity index (χ3n) is 4.38. The lowest BCUT2D eigenvalue weighted by Gasteiger charge is -2.32. The normalized spacial score (nSPS) is 27.0. The van der Waals surface area contributed by atoms with Crippen LogP contribution in [0.2, 0.25) is 0 Å². The van der Waals surface area contributed by atoms with E-state index in [4.69, 9.17) is 0 Å². The lowest BCUT2D eigenvalue weighted by molar-refractivity contribution is -0.121. The fourth-order valence-corrected chi connectivity index (χ4v) is 4.42. The van der Waals surface area contributed by atoms with Gasteiger partial charge in [0.05, 0.1) is 11.6 Å². The van der Waals surface area contributed by atoms with Crippen molar-refractivity contribution in [3.05, 3.63) is 0 Å². The second-order valence-corrected chi connectivity index (χ2v) is 10.2. The van der Waals surface area contributed by atoms with E-state index in [1.54, 1.807) is 19.0 Å². The van der Waals surface area contributed by atoms with Crippen molar-refractivity contribution in [2.24, 2.45) is 5.10 Å². The summed E-state index contributed by atoms with van der Waals surface area (Å²) in [5.74, 6) is -0.0465. The monoisotopic (exact) mass is 359 g/mol. The molecule has 4 N–H and O–H groups in total. The number of aliphatic hydroxyl groups is 1. The summed E-state index contributed by atoms with van der Waals surface area (Å²) in [7, 11) is -1.33. The standard InChI is InChI=1S/C15H29N5O3S/c1-14(2,3)20-18-13(17-19-20)16-12(22)15(4,5)24(23)11-8-6-10(21)7-9-11/h10-11,19,21H,6-9H2,1-5H3,(H2,16,17,18,22). The molecular weight excluding hydrogens is 330 g/mol. The molecule has 24 heavy (non-hydrogen) atoms. The summed E-state index contributed by atoms with van der Waals surface area (Å²) in [4.78, 5) is 12.6. The summed E-state index contributed by atoms with van der Waals surface area (Å²) in [6.45, 7) is 9.35. The van der Waals surface area contributed by atoms with Crippen LogP contribution in [0.3, 0.4) is 0 Å². The highest BCUT2D eigenvalue weighted by Crippen LogP contribution is 2.28. The molecule has 1 aliphatic heterocycles. The van der Waals surface area contributed by atoms with Gasteiger partial charge in [0.2, 0.25) is 11.9 Å². The van der Waals surface area contributed by atoms with Crippen LogP contribution < -0.4 is 16.3 Å². The first-order valence-electron chi connectivity index (χ1n) is 8.32. The molecular formula is C15H29N5O3S. The highest BCUT2D eigenvalue weighted by atomic mass is 32.2. The number of hydrazine groups is 2. The predicted molar refractivity (Wildman–Crippen MR) is 93.9 cm³/mol. The second kappa shape index (κ2) is 6.97. The topological polar surface area (TPSA) is 106 Å². The number of amides is 1. The van der Waals surface area contributed by atoms with Crippen molar-refractivity contribution in [1.29, 1.82) is 0 Å². The quantitative estimate of drug-likeness (QED) is 0.579. The molecule has 1 atom stereocenters. The molecule has 1 saturated carbocycles. The van der Waals surface area contributed by atoms with E-state index in [2.05, 4.69) is 21.4 Å². The largest absolute Gasteiger partial charge is 0.393 e. The lowest BCUT2D eigenvalue weighted by atomic mass is 9.97. The van der Waals surface area contributed by atoms with E-state index in [0.29, 0.717) is 31.6 Å². The maximum atomic E-state index is 12.8. The first-order chi connectivity index (χ1) is 11.0. The lowest BCUT2D eigenvalue weighted by Crippen LogP contribution is -2.57. The molecule has 0 spiro atoms. The van der Waals surface area contributed by atoms with Crippen molar-refractivity contribution < 1.29 is 14.1 Å². The minimum atomic E-state index is -1.33. The van der Waals surface area contributed by atoms with E-state index in [9.17, 15) is 14.1 Å². The average Bonchev–Trinajstić information content (AvgIpc) is 2.96. The molecule has 0 bridgehead atoms. The van der Waals surface area contributed by atoms with Gasteiger partial charge in [0, 0.05) is 16.0 Å². The number of guanidine groups is 1. The SMILES string of the molecule is CC(C)(C)N1NN=C(NC(=O)C(C)(C)S(=O)C2CCC(O)CC2)N1. The van der Waals surface area contributed by atoms with Gasteiger partial charge in [-0.15, -0.1) is 10.2 Å². The van der Waals surface area contributed by atoms with E-state index in [0.717, 1.165) is 0 Å². The van der Waals surface area contributed by atoms with Gasteiger partial charge < -0.3 is 5.11 Å². The number of hydrogen-bond acceptors (Lipinski definition) is 7. The molecule has 2 aliphatic rings. The maximum Gasteiger partial charge on any atom is 0.245 e. The molecule has 9 heteroatoms. The Hall–Kier alpha value is -1.19. The highest BCUT2D eigenvalue weighted by Gasteiger charge is 2.41. The molecule has 0 saturated heterocycles. The third kappa shape index (κ3) is 4.25. The van der Waals surface area contributed by atoms with Gasteiger partial charge in [0.1, 0.15) is 4.75 Å². The van der Waals surface area contributed by atoms with Crippen molar-refractivity contribution in [1.82, 2.24) is 21.4 Å². The zero-order valence-electron chi connectivity index (χ0n) is 15.0. The Bertz CT molecular complexity index is 536. The Morgan fingerprint density at radius 3 is 2.33 bits per heavy atom. The molecule has 0 aromatic rings. The molecule has 138 valence electrons. The number of rotatable bonds is 3. The fraction of sp³-hybridized carbons (Fsp3) is 0.867. The Kier molecular flexibility index (Phi) is 5.56. The molecule has 1 heterocycles. The van der Waals surface area contributed by atoms with Crippen molar-refractivity contribution in [3.63, 3.8) is 0 Å². The van der Waals surface area contributed by atoms with Gasteiger partial charge in [0.15, 0.2) is 0 Å². The number of nitrogens with zero attached hydrogens (tertiary/aromatic N) is 2. The van der Waals surface area contributed by atoms with Gasteiger partial charge in [-0.05, 0) is 60.3 Å². The molecule has 1 fully saturated rings. The van der Waals surface area contributed by atoms with Crippen molar-refractivity contribution in [2.75, 3.05) is 0 Å². The Balaban J connectivity index is 1.94. The Morgan fingerprint density at radius 1 is 1.25 bits per heavy atom. The van der Waals surface area contributed by atoms with Crippen LogP contribution in [-0.4, -0.2) is 47.9 Å². The first kappa shape index (κ1) is 19.1. The molecule has 1 aliphatic carbocycles. The number of hydrogen-bond donors (Lipinski definition) is 4. The van der Waals surface area contributed by atoms with Gasteiger partial charge in [-0.3, -0.25) is 19.7 Å². The fourth-order valence-electron chi connectivity index (χ4n) is 2.65. The molecule has 1 amide bonds. The van der Waals surface area contributed by atoms with E-state index >= 15 is 0 Å². The zero-order chi connectivity index (χ0) is 18.1. The van der Waals surface area contributed by atoms with Crippen LogP contribution in [0.25, 0.3) is 0 Å².